The first-order valence-electron chi connectivity index (χ1n) is 9.40. The predicted molar refractivity (Wildman–Crippen MR) is 92.2 cm³/mol. The number of amides is 2. The Morgan fingerprint density at radius 1 is 1.40 bits per heavy atom. The van der Waals surface area contributed by atoms with Crippen molar-refractivity contribution in [2.24, 2.45) is 0 Å². The largest absolute Gasteiger partial charge is 0.394 e. The Balaban J connectivity index is 1.43. The van der Waals surface area contributed by atoms with Gasteiger partial charge in [-0.05, 0) is 38.5 Å². The highest BCUT2D eigenvalue weighted by Crippen LogP contribution is 2.38. The number of aryl methyl sites for hydroxylation is 1. The Bertz CT molecular complexity index is 560. The van der Waals surface area contributed by atoms with Gasteiger partial charge in [-0.15, -0.1) is 5.10 Å². The van der Waals surface area contributed by atoms with Gasteiger partial charge in [0.25, 0.3) is 0 Å². The summed E-state index contributed by atoms with van der Waals surface area (Å²) in [6.45, 7) is 3.32. The maximum atomic E-state index is 11.8. The third-order valence-corrected chi connectivity index (χ3v) is 4.88. The van der Waals surface area contributed by atoms with Crippen molar-refractivity contribution in [1.82, 2.24) is 25.6 Å². The van der Waals surface area contributed by atoms with E-state index in [9.17, 15) is 9.90 Å². The highest BCUT2D eigenvalue weighted by Gasteiger charge is 2.32. The smallest absolute Gasteiger partial charge is 0.315 e. The van der Waals surface area contributed by atoms with E-state index in [0.29, 0.717) is 12.5 Å². The normalized spacial score (nSPS) is 26.4. The average molecular weight is 351 g/mol. The van der Waals surface area contributed by atoms with Crippen LogP contribution in [0.4, 0.5) is 4.79 Å². The molecular formula is C17H29N5O3. The van der Waals surface area contributed by atoms with Crippen molar-refractivity contribution >= 4 is 6.03 Å². The summed E-state index contributed by atoms with van der Waals surface area (Å²) >= 11 is 0. The molecule has 0 unspecified atom stereocenters. The van der Waals surface area contributed by atoms with E-state index in [1.54, 1.807) is 0 Å². The number of urea groups is 1. The molecule has 1 aromatic heterocycles. The van der Waals surface area contributed by atoms with Crippen molar-refractivity contribution in [3.05, 3.63) is 11.9 Å². The van der Waals surface area contributed by atoms with Crippen LogP contribution in [-0.4, -0.2) is 57.5 Å². The van der Waals surface area contributed by atoms with Crippen LogP contribution in [0.1, 0.15) is 57.1 Å². The SMILES string of the molecule is CCCNC(=O)N[C@H]1CC[C@@H](CCn2cc(C3CC3)nn2)O[C@H]1CO. The summed E-state index contributed by atoms with van der Waals surface area (Å²) in [5.74, 6) is 0.615. The summed E-state index contributed by atoms with van der Waals surface area (Å²) in [5.41, 5.74) is 1.10. The van der Waals surface area contributed by atoms with E-state index in [1.807, 2.05) is 17.8 Å². The van der Waals surface area contributed by atoms with Crippen LogP contribution in [0, 0.1) is 0 Å². The molecule has 140 valence electrons. The number of nitrogens with one attached hydrogen (secondary N) is 2. The topological polar surface area (TPSA) is 101 Å². The van der Waals surface area contributed by atoms with E-state index in [0.717, 1.165) is 37.9 Å². The lowest BCUT2D eigenvalue weighted by molar-refractivity contribution is -0.0907. The molecule has 8 heteroatoms. The lowest BCUT2D eigenvalue weighted by Crippen LogP contribution is -2.53. The standard InChI is InChI=1S/C17H29N5O3/c1-2-8-18-17(24)19-14-6-5-13(25-16(14)11-23)7-9-22-10-15(20-21-22)12-3-4-12/h10,12-14,16,23H,2-9,11H2,1H3,(H2,18,19,24)/t13-,14-,16-/m0/s1. The van der Waals surface area contributed by atoms with Crippen LogP contribution in [-0.2, 0) is 11.3 Å². The second kappa shape index (κ2) is 8.62. The molecule has 1 aromatic rings. The van der Waals surface area contributed by atoms with Gasteiger partial charge in [0, 0.05) is 25.2 Å². The molecule has 3 rings (SSSR count). The lowest BCUT2D eigenvalue weighted by atomic mass is 9.97. The van der Waals surface area contributed by atoms with Gasteiger partial charge in [-0.1, -0.05) is 12.1 Å². The van der Waals surface area contributed by atoms with Crippen molar-refractivity contribution in [1.29, 1.82) is 0 Å². The predicted octanol–water partition coefficient (Wildman–Crippen LogP) is 1.16. The Morgan fingerprint density at radius 3 is 2.96 bits per heavy atom. The van der Waals surface area contributed by atoms with E-state index >= 15 is 0 Å². The number of aliphatic hydroxyl groups excluding tert-OH is 1. The van der Waals surface area contributed by atoms with Gasteiger partial charge in [-0.25, -0.2) is 4.79 Å². The maximum Gasteiger partial charge on any atom is 0.315 e. The van der Waals surface area contributed by atoms with Crippen molar-refractivity contribution < 1.29 is 14.6 Å². The van der Waals surface area contributed by atoms with E-state index in [2.05, 4.69) is 20.9 Å². The van der Waals surface area contributed by atoms with Crippen LogP contribution in [0.15, 0.2) is 6.20 Å². The molecular weight excluding hydrogens is 322 g/mol. The zero-order chi connectivity index (χ0) is 17.6. The first kappa shape index (κ1) is 18.1. The number of nitrogens with zero attached hydrogens (tertiary/aromatic N) is 3. The molecule has 1 saturated heterocycles. The average Bonchev–Trinajstić information content (AvgIpc) is 3.37. The second-order valence-corrected chi connectivity index (χ2v) is 7.03. The molecule has 0 spiro atoms. The number of aromatic nitrogens is 3. The molecule has 3 N–H and O–H groups in total. The minimum Gasteiger partial charge on any atom is -0.394 e. The van der Waals surface area contributed by atoms with Crippen LogP contribution in [0.2, 0.25) is 0 Å². The molecule has 0 radical (unpaired) electrons. The number of hydrogen-bond acceptors (Lipinski definition) is 5. The summed E-state index contributed by atoms with van der Waals surface area (Å²) < 4.78 is 7.87. The molecule has 0 bridgehead atoms. The van der Waals surface area contributed by atoms with Crippen molar-refractivity contribution in [2.75, 3.05) is 13.2 Å². The summed E-state index contributed by atoms with van der Waals surface area (Å²) in [7, 11) is 0. The van der Waals surface area contributed by atoms with Gasteiger partial charge in [0.05, 0.1) is 24.4 Å². The molecule has 0 aromatic carbocycles. The number of rotatable bonds is 8. The second-order valence-electron chi connectivity index (χ2n) is 7.03. The van der Waals surface area contributed by atoms with Crippen LogP contribution in [0.3, 0.4) is 0 Å². The van der Waals surface area contributed by atoms with Crippen molar-refractivity contribution in [2.45, 2.75) is 76.2 Å². The Labute approximate surface area is 148 Å². The van der Waals surface area contributed by atoms with E-state index < -0.39 is 0 Å². The molecule has 2 heterocycles. The van der Waals surface area contributed by atoms with Gasteiger partial charge in [0.1, 0.15) is 6.10 Å². The van der Waals surface area contributed by atoms with Crippen LogP contribution in [0.25, 0.3) is 0 Å². The highest BCUT2D eigenvalue weighted by atomic mass is 16.5. The van der Waals surface area contributed by atoms with Crippen LogP contribution in [0.5, 0.6) is 0 Å². The minimum atomic E-state index is -0.358. The number of carbonyl (C=O) groups excluding carboxylic acids is 1. The maximum absolute atomic E-state index is 11.8. The molecule has 1 saturated carbocycles. The van der Waals surface area contributed by atoms with Gasteiger partial charge in [0.2, 0.25) is 0 Å². The van der Waals surface area contributed by atoms with Gasteiger partial charge in [-0.3, -0.25) is 4.68 Å². The zero-order valence-corrected chi connectivity index (χ0v) is 14.9. The fourth-order valence-electron chi connectivity index (χ4n) is 3.23. The van der Waals surface area contributed by atoms with E-state index in [-0.39, 0.29) is 30.9 Å². The van der Waals surface area contributed by atoms with Crippen molar-refractivity contribution in [3.63, 3.8) is 0 Å². The monoisotopic (exact) mass is 351 g/mol. The summed E-state index contributed by atoms with van der Waals surface area (Å²) in [4.78, 5) is 11.8. The minimum absolute atomic E-state index is 0.0717. The Hall–Kier alpha value is -1.67. The molecule has 3 atom stereocenters. The fourth-order valence-corrected chi connectivity index (χ4v) is 3.23. The van der Waals surface area contributed by atoms with E-state index in [4.69, 9.17) is 4.74 Å². The number of carbonyl (C=O) groups is 1. The van der Waals surface area contributed by atoms with Gasteiger partial charge in [-0.2, -0.15) is 0 Å². The molecule has 2 fully saturated rings. The molecule has 8 nitrogen and oxygen atoms in total. The number of hydrogen-bond donors (Lipinski definition) is 3. The van der Waals surface area contributed by atoms with Gasteiger partial charge in [0.15, 0.2) is 0 Å². The molecule has 1 aliphatic carbocycles. The Kier molecular flexibility index (Phi) is 6.25. The van der Waals surface area contributed by atoms with E-state index in [1.165, 1.54) is 12.8 Å². The Morgan fingerprint density at radius 2 is 2.24 bits per heavy atom. The fraction of sp³-hybridized carbons (Fsp3) is 0.824. The number of ether oxygens (including phenoxy) is 1. The first-order valence-corrected chi connectivity index (χ1v) is 9.40. The third-order valence-electron chi connectivity index (χ3n) is 4.88. The summed E-state index contributed by atoms with van der Waals surface area (Å²) in [6, 6.07) is -0.339. The number of aliphatic hydroxyl groups is 1. The molecule has 1 aliphatic heterocycles. The van der Waals surface area contributed by atoms with Gasteiger partial charge < -0.3 is 20.5 Å². The van der Waals surface area contributed by atoms with Crippen molar-refractivity contribution in [3.8, 4) is 0 Å². The lowest BCUT2D eigenvalue weighted by Gasteiger charge is -2.36. The summed E-state index contributed by atoms with van der Waals surface area (Å²) in [5, 5.41) is 23.7. The molecule has 2 amide bonds. The first-order chi connectivity index (χ1) is 12.2. The quantitative estimate of drug-likeness (QED) is 0.652. The zero-order valence-electron chi connectivity index (χ0n) is 14.9. The molecule has 25 heavy (non-hydrogen) atoms. The van der Waals surface area contributed by atoms with Crippen LogP contribution >= 0.6 is 0 Å². The third kappa shape index (κ3) is 5.15. The van der Waals surface area contributed by atoms with Gasteiger partial charge >= 0.3 is 6.03 Å². The summed E-state index contributed by atoms with van der Waals surface area (Å²) in [6.07, 6.45) is 7.59. The molecule has 2 aliphatic rings. The highest BCUT2D eigenvalue weighted by molar-refractivity contribution is 5.74. The van der Waals surface area contributed by atoms with Crippen LogP contribution < -0.4 is 10.6 Å².